The molecule has 1 N–H and O–H groups in total. The van der Waals surface area contributed by atoms with Gasteiger partial charge in [-0.1, -0.05) is 0 Å². The van der Waals surface area contributed by atoms with Crippen LogP contribution in [0, 0.1) is 6.92 Å². The number of H-pyrrole nitrogens is 1. The summed E-state index contributed by atoms with van der Waals surface area (Å²) in [5.41, 5.74) is 0.606. The number of carbonyl (C=O) groups excluding carboxylic acids is 1. The van der Waals surface area contributed by atoms with Gasteiger partial charge in [0.05, 0.1) is 18.7 Å². The molecule has 2 fully saturated rings. The van der Waals surface area contributed by atoms with Gasteiger partial charge < -0.3 is 14.5 Å². The molecule has 0 aromatic carbocycles. The predicted molar refractivity (Wildman–Crippen MR) is 91.4 cm³/mol. The molecule has 0 radical (unpaired) electrons. The molecule has 2 aliphatic rings. The summed E-state index contributed by atoms with van der Waals surface area (Å²) in [6.07, 6.45) is 3.80. The highest BCUT2D eigenvalue weighted by molar-refractivity contribution is 5.94. The van der Waals surface area contributed by atoms with Gasteiger partial charge in [-0.15, -0.1) is 0 Å². The molecule has 4 heterocycles. The normalized spacial score (nSPS) is 20.9. The number of amides is 1. The maximum Gasteiger partial charge on any atom is 0.255 e. The predicted octanol–water partition coefficient (Wildman–Crippen LogP) is 1.32. The van der Waals surface area contributed by atoms with Gasteiger partial charge in [0, 0.05) is 25.8 Å². The van der Waals surface area contributed by atoms with Crippen molar-refractivity contribution in [2.45, 2.75) is 25.9 Å². The Labute approximate surface area is 146 Å². The monoisotopic (exact) mass is 342 g/mol. The van der Waals surface area contributed by atoms with Gasteiger partial charge in [-0.05, 0) is 31.9 Å². The molecule has 25 heavy (non-hydrogen) atoms. The molecule has 0 unspecified atom stereocenters. The van der Waals surface area contributed by atoms with Crippen molar-refractivity contribution in [1.82, 2.24) is 25.1 Å². The molecule has 132 valence electrons. The van der Waals surface area contributed by atoms with Crippen LogP contribution < -0.4 is 4.90 Å². The fourth-order valence-corrected chi connectivity index (χ4v) is 3.32. The van der Waals surface area contributed by atoms with Crippen LogP contribution in [0.4, 0.5) is 5.82 Å². The number of hydrogen-bond donors (Lipinski definition) is 1. The first-order chi connectivity index (χ1) is 12.2. The number of pyridine rings is 1. The second-order valence-electron chi connectivity index (χ2n) is 6.49. The fraction of sp³-hybridized carbons (Fsp3) is 0.529. The smallest absolute Gasteiger partial charge is 0.255 e. The summed E-state index contributed by atoms with van der Waals surface area (Å²) in [4.78, 5) is 25.6. The van der Waals surface area contributed by atoms with E-state index in [-0.39, 0.29) is 12.0 Å². The SMILES string of the molecule is Cc1nc([C@@H]2CN(C(=O)c3ccc(N4CCCC4)nc3)CCO2)n[nH]1. The van der Waals surface area contributed by atoms with E-state index in [2.05, 4.69) is 25.1 Å². The number of hydrogen-bond acceptors (Lipinski definition) is 6. The van der Waals surface area contributed by atoms with Crippen molar-refractivity contribution in [3.63, 3.8) is 0 Å². The molecule has 0 aliphatic carbocycles. The van der Waals surface area contributed by atoms with E-state index >= 15 is 0 Å². The van der Waals surface area contributed by atoms with Gasteiger partial charge in [-0.25, -0.2) is 9.97 Å². The molecular formula is C17H22N6O2. The first-order valence-electron chi connectivity index (χ1n) is 8.71. The number of anilines is 1. The van der Waals surface area contributed by atoms with Gasteiger partial charge in [0.15, 0.2) is 5.82 Å². The average Bonchev–Trinajstić information content (AvgIpc) is 3.33. The summed E-state index contributed by atoms with van der Waals surface area (Å²) in [5.74, 6) is 2.26. The number of morpholine rings is 1. The van der Waals surface area contributed by atoms with E-state index in [1.165, 1.54) is 12.8 Å². The van der Waals surface area contributed by atoms with E-state index in [0.29, 0.717) is 31.1 Å². The van der Waals surface area contributed by atoms with E-state index in [0.717, 1.165) is 24.7 Å². The molecule has 2 aliphatic heterocycles. The Kier molecular flexibility index (Phi) is 4.35. The molecule has 0 bridgehead atoms. The first-order valence-corrected chi connectivity index (χ1v) is 8.71. The van der Waals surface area contributed by atoms with E-state index in [1.807, 2.05) is 19.1 Å². The Morgan fingerprint density at radius 3 is 2.80 bits per heavy atom. The Hall–Kier alpha value is -2.48. The molecule has 8 nitrogen and oxygen atoms in total. The minimum atomic E-state index is -0.292. The van der Waals surface area contributed by atoms with E-state index in [4.69, 9.17) is 4.74 Å². The van der Waals surface area contributed by atoms with Crippen molar-refractivity contribution in [2.24, 2.45) is 0 Å². The van der Waals surface area contributed by atoms with Crippen LogP contribution >= 0.6 is 0 Å². The molecule has 1 amide bonds. The molecular weight excluding hydrogens is 320 g/mol. The average molecular weight is 342 g/mol. The number of nitrogens with zero attached hydrogens (tertiary/aromatic N) is 5. The van der Waals surface area contributed by atoms with Crippen LogP contribution in [-0.2, 0) is 4.74 Å². The Morgan fingerprint density at radius 1 is 1.28 bits per heavy atom. The highest BCUT2D eigenvalue weighted by Crippen LogP contribution is 2.22. The number of aryl methyl sites for hydroxylation is 1. The largest absolute Gasteiger partial charge is 0.366 e. The fourth-order valence-electron chi connectivity index (χ4n) is 3.32. The minimum absolute atomic E-state index is 0.0268. The summed E-state index contributed by atoms with van der Waals surface area (Å²) in [6.45, 7) is 5.42. The van der Waals surface area contributed by atoms with Crippen LogP contribution in [0.5, 0.6) is 0 Å². The van der Waals surface area contributed by atoms with Crippen molar-refractivity contribution >= 4 is 11.7 Å². The van der Waals surface area contributed by atoms with Crippen LogP contribution in [0.15, 0.2) is 18.3 Å². The molecule has 2 aromatic heterocycles. The number of carbonyl (C=O) groups is 1. The van der Waals surface area contributed by atoms with Crippen LogP contribution in [0.3, 0.4) is 0 Å². The van der Waals surface area contributed by atoms with Crippen LogP contribution in [0.2, 0.25) is 0 Å². The highest BCUT2D eigenvalue weighted by Gasteiger charge is 2.28. The molecule has 2 aromatic rings. The molecule has 8 heteroatoms. The third kappa shape index (κ3) is 3.34. The molecule has 0 spiro atoms. The Balaban J connectivity index is 1.44. The summed E-state index contributed by atoms with van der Waals surface area (Å²) < 4.78 is 5.72. The van der Waals surface area contributed by atoms with Gasteiger partial charge >= 0.3 is 0 Å². The summed E-state index contributed by atoms with van der Waals surface area (Å²) in [5, 5.41) is 6.96. The number of nitrogens with one attached hydrogen (secondary N) is 1. The van der Waals surface area contributed by atoms with Gasteiger partial charge in [-0.2, -0.15) is 5.10 Å². The van der Waals surface area contributed by atoms with Crippen molar-refractivity contribution in [2.75, 3.05) is 37.7 Å². The molecule has 2 saturated heterocycles. The maximum absolute atomic E-state index is 12.8. The summed E-state index contributed by atoms with van der Waals surface area (Å²) >= 11 is 0. The second-order valence-corrected chi connectivity index (χ2v) is 6.49. The number of aromatic amines is 1. The van der Waals surface area contributed by atoms with E-state index < -0.39 is 0 Å². The van der Waals surface area contributed by atoms with E-state index in [9.17, 15) is 4.79 Å². The Morgan fingerprint density at radius 2 is 2.12 bits per heavy atom. The topological polar surface area (TPSA) is 87.2 Å². The summed E-state index contributed by atoms with van der Waals surface area (Å²) in [6, 6.07) is 3.81. The van der Waals surface area contributed by atoms with Crippen molar-refractivity contribution in [1.29, 1.82) is 0 Å². The number of rotatable bonds is 3. The number of ether oxygens (including phenoxy) is 1. The third-order valence-electron chi connectivity index (χ3n) is 4.68. The zero-order valence-corrected chi connectivity index (χ0v) is 14.3. The third-order valence-corrected chi connectivity index (χ3v) is 4.68. The lowest BCUT2D eigenvalue weighted by Gasteiger charge is -2.31. The second kappa shape index (κ2) is 6.79. The van der Waals surface area contributed by atoms with Gasteiger partial charge in [-0.3, -0.25) is 9.89 Å². The maximum atomic E-state index is 12.8. The first kappa shape index (κ1) is 16.0. The van der Waals surface area contributed by atoms with Crippen LogP contribution in [-0.4, -0.2) is 63.8 Å². The molecule has 4 rings (SSSR count). The lowest BCUT2D eigenvalue weighted by atomic mass is 10.2. The van der Waals surface area contributed by atoms with E-state index in [1.54, 1.807) is 11.1 Å². The quantitative estimate of drug-likeness (QED) is 0.905. The van der Waals surface area contributed by atoms with Gasteiger partial charge in [0.2, 0.25) is 0 Å². The highest BCUT2D eigenvalue weighted by atomic mass is 16.5. The molecule has 0 saturated carbocycles. The van der Waals surface area contributed by atoms with Crippen LogP contribution in [0.25, 0.3) is 0 Å². The number of aromatic nitrogens is 4. The lowest BCUT2D eigenvalue weighted by molar-refractivity contribution is -0.0266. The Bertz CT molecular complexity index is 738. The van der Waals surface area contributed by atoms with Crippen LogP contribution in [0.1, 0.15) is 41.0 Å². The minimum Gasteiger partial charge on any atom is -0.366 e. The van der Waals surface area contributed by atoms with Gasteiger partial charge in [0.25, 0.3) is 5.91 Å². The summed E-state index contributed by atoms with van der Waals surface area (Å²) in [7, 11) is 0. The van der Waals surface area contributed by atoms with Crippen molar-refractivity contribution in [3.8, 4) is 0 Å². The lowest BCUT2D eigenvalue weighted by Crippen LogP contribution is -2.42. The van der Waals surface area contributed by atoms with Crippen molar-refractivity contribution < 1.29 is 9.53 Å². The zero-order valence-electron chi connectivity index (χ0n) is 14.3. The zero-order chi connectivity index (χ0) is 17.2. The molecule has 1 atom stereocenters. The standard InChI is InChI=1S/C17H22N6O2/c1-12-19-16(21-20-12)14-11-23(8-9-25-14)17(24)13-4-5-15(18-10-13)22-6-2-3-7-22/h4-5,10,14H,2-3,6-9,11H2,1H3,(H,19,20,21)/t14-/m0/s1. The van der Waals surface area contributed by atoms with Gasteiger partial charge in [0.1, 0.15) is 17.7 Å². The van der Waals surface area contributed by atoms with Crippen molar-refractivity contribution in [3.05, 3.63) is 35.5 Å².